The topological polar surface area (TPSA) is 20.2 Å². The molecule has 1 nitrogen and oxygen atoms in total. The third-order valence-corrected chi connectivity index (χ3v) is 10.7. The number of alkyl halides is 7. The predicted octanol–water partition coefficient (Wildman–Crippen LogP) is 8.57. The molecule has 0 aromatic rings. The summed E-state index contributed by atoms with van der Waals surface area (Å²) in [5.41, 5.74) is -3.99. The summed E-state index contributed by atoms with van der Waals surface area (Å²) in [7, 11) is 0. The maximum Gasteiger partial charge on any atom is 0.431 e. The van der Waals surface area contributed by atoms with E-state index in [4.69, 9.17) is 1.37 Å². The van der Waals surface area contributed by atoms with Gasteiger partial charge in [-0.15, -0.1) is 0 Å². The number of hydrogen-bond donors (Lipinski definition) is 1. The number of aliphatic hydroxyl groups excluding tert-OH is 1. The van der Waals surface area contributed by atoms with E-state index in [2.05, 4.69) is 19.9 Å². The van der Waals surface area contributed by atoms with Gasteiger partial charge in [-0.05, 0) is 105 Å². The van der Waals surface area contributed by atoms with Crippen molar-refractivity contribution in [3.05, 3.63) is 11.6 Å². The summed E-state index contributed by atoms with van der Waals surface area (Å²) in [5, 5.41) is 10.2. The van der Waals surface area contributed by atoms with E-state index in [0.717, 1.165) is 51.4 Å². The molecule has 0 radical (unpaired) electrons. The first-order valence-corrected chi connectivity index (χ1v) is 13.1. The maximum atomic E-state index is 14.2. The van der Waals surface area contributed by atoms with Crippen LogP contribution in [0.5, 0.6) is 0 Å². The summed E-state index contributed by atoms with van der Waals surface area (Å²) in [6.07, 6.45) is -6.83. The van der Waals surface area contributed by atoms with Gasteiger partial charge in [0.25, 0.3) is 5.67 Å². The average Bonchev–Trinajstić information content (AvgIpc) is 3.10. The Balaban J connectivity index is 1.47. The van der Waals surface area contributed by atoms with Gasteiger partial charge in [-0.2, -0.15) is 26.3 Å². The first-order chi connectivity index (χ1) is 16.4. The van der Waals surface area contributed by atoms with Gasteiger partial charge in [0.2, 0.25) is 0 Å². The van der Waals surface area contributed by atoms with Crippen LogP contribution >= 0.6 is 0 Å². The Kier molecular flexibility index (Phi) is 6.57. The highest BCUT2D eigenvalue weighted by Crippen LogP contribution is 2.67. The van der Waals surface area contributed by atoms with E-state index in [-0.39, 0.29) is 35.2 Å². The molecule has 0 aromatic carbocycles. The molecule has 0 aromatic heterocycles. The lowest BCUT2D eigenvalue weighted by molar-refractivity contribution is -0.343. The van der Waals surface area contributed by atoms with Crippen LogP contribution in [0, 0.1) is 40.4 Å². The molecule has 0 saturated heterocycles. The van der Waals surface area contributed by atoms with Gasteiger partial charge in [-0.3, -0.25) is 0 Å². The summed E-state index contributed by atoms with van der Waals surface area (Å²) in [4.78, 5) is 0. The highest BCUT2D eigenvalue weighted by molar-refractivity contribution is 5.25. The molecule has 3 fully saturated rings. The SMILES string of the molecule is [2H][C@@H](C[C@@H](C)[C@H]1CC[C@H]2[C@@H]3CC=C4C[C@@H](O)CC[C@]4(C)[C@H]3CC[C@]12C)CC(F)(C(F)(F)F)C(F)(F)F. The van der Waals surface area contributed by atoms with Crippen molar-refractivity contribution in [1.82, 2.24) is 0 Å². The monoisotopic (exact) mass is 513 g/mol. The first kappa shape index (κ1) is 25.8. The fourth-order valence-corrected chi connectivity index (χ4v) is 8.72. The van der Waals surface area contributed by atoms with Crippen LogP contribution in [0.2, 0.25) is 0 Å². The second-order valence-corrected chi connectivity index (χ2v) is 12.4. The highest BCUT2D eigenvalue weighted by Gasteiger charge is 2.71. The Hall–Kier alpha value is -0.790. The van der Waals surface area contributed by atoms with Crippen LogP contribution in [-0.2, 0) is 0 Å². The molecule has 0 heterocycles. The van der Waals surface area contributed by atoms with Crippen LogP contribution in [0.1, 0.15) is 92.7 Å². The van der Waals surface area contributed by atoms with E-state index in [1.165, 1.54) is 5.57 Å². The van der Waals surface area contributed by atoms with Crippen LogP contribution in [-0.4, -0.2) is 29.2 Å². The summed E-state index contributed by atoms with van der Waals surface area (Å²) >= 11 is 0. The lowest BCUT2D eigenvalue weighted by atomic mass is 9.47. The zero-order chi connectivity index (χ0) is 26.9. The summed E-state index contributed by atoms with van der Waals surface area (Å²) < 4.78 is 100. The van der Waals surface area contributed by atoms with Gasteiger partial charge in [0, 0.05) is 1.37 Å². The van der Waals surface area contributed by atoms with Gasteiger partial charge in [-0.25, -0.2) is 4.39 Å². The summed E-state index contributed by atoms with van der Waals surface area (Å²) in [6, 6.07) is 0. The number of hydrogen-bond acceptors (Lipinski definition) is 1. The molecule has 0 amide bonds. The van der Waals surface area contributed by atoms with Crippen molar-refractivity contribution in [2.75, 3.05) is 0 Å². The van der Waals surface area contributed by atoms with Crippen molar-refractivity contribution in [2.24, 2.45) is 40.4 Å². The van der Waals surface area contributed by atoms with E-state index < -0.39 is 30.8 Å². The van der Waals surface area contributed by atoms with Crippen LogP contribution in [0.3, 0.4) is 0 Å². The minimum Gasteiger partial charge on any atom is -0.393 e. The second-order valence-electron chi connectivity index (χ2n) is 12.4. The second kappa shape index (κ2) is 8.90. The Morgan fingerprint density at radius 1 is 1.00 bits per heavy atom. The van der Waals surface area contributed by atoms with Gasteiger partial charge < -0.3 is 5.11 Å². The molecular weight excluding hydrogens is 473 g/mol. The number of rotatable bonds is 5. The van der Waals surface area contributed by atoms with Gasteiger partial charge in [0.05, 0.1) is 6.10 Å². The molecule has 0 unspecified atom stereocenters. The molecule has 0 aliphatic heterocycles. The minimum absolute atomic E-state index is 0.0824. The lowest BCUT2D eigenvalue weighted by Gasteiger charge is -2.58. The van der Waals surface area contributed by atoms with Gasteiger partial charge >= 0.3 is 12.4 Å². The van der Waals surface area contributed by atoms with E-state index >= 15 is 0 Å². The van der Waals surface area contributed by atoms with Crippen molar-refractivity contribution >= 4 is 0 Å². The van der Waals surface area contributed by atoms with Gasteiger partial charge in [-0.1, -0.05) is 38.8 Å². The minimum atomic E-state index is -6.10. The summed E-state index contributed by atoms with van der Waals surface area (Å²) in [6.45, 7) is 6.36. The molecule has 4 aliphatic carbocycles. The molecule has 35 heavy (non-hydrogen) atoms. The van der Waals surface area contributed by atoms with Gasteiger partial charge in [0.15, 0.2) is 0 Å². The normalized spacial score (nSPS) is 42.3. The lowest BCUT2D eigenvalue weighted by Crippen LogP contribution is -2.53. The largest absolute Gasteiger partial charge is 0.431 e. The maximum absolute atomic E-state index is 14.2. The Morgan fingerprint density at radius 3 is 2.29 bits per heavy atom. The van der Waals surface area contributed by atoms with Crippen molar-refractivity contribution in [1.29, 1.82) is 0 Å². The fourth-order valence-electron chi connectivity index (χ4n) is 8.72. The first-order valence-electron chi connectivity index (χ1n) is 13.6. The molecule has 1 N–H and O–H groups in total. The number of fused-ring (bicyclic) bond motifs is 5. The van der Waals surface area contributed by atoms with Crippen molar-refractivity contribution in [3.63, 3.8) is 0 Å². The average molecular weight is 514 g/mol. The Bertz CT molecular complexity index is 840. The van der Waals surface area contributed by atoms with E-state index in [1.807, 2.05) is 6.92 Å². The zero-order valence-electron chi connectivity index (χ0n) is 21.8. The smallest absolute Gasteiger partial charge is 0.393 e. The molecule has 3 saturated carbocycles. The van der Waals surface area contributed by atoms with Crippen LogP contribution in [0.25, 0.3) is 0 Å². The predicted molar refractivity (Wildman–Crippen MR) is 120 cm³/mol. The standard InChI is InChI=1S/C27H39F7O/c1-16(5-4-12-25(28,26(29,30)31)27(32,33)34)20-8-9-21-19-7-6-17-15-18(35)10-13-23(17,2)22(19)11-14-24(20,21)3/h6,16,18-22,35H,4-5,7-15H2,1-3H3/t16-,18+,19+,20-,21+,22+,23+,24-/m1/s1/i4D/t4-,16+,18-,19-,20+,21-,22-,23-,24+/m0. The molecular formula is C27H39F7O. The quantitative estimate of drug-likeness (QED) is 0.288. The summed E-state index contributed by atoms with van der Waals surface area (Å²) in [5.74, 6) is 1.24. The third-order valence-electron chi connectivity index (χ3n) is 10.7. The number of allylic oxidation sites excluding steroid dienone is 1. The van der Waals surface area contributed by atoms with Crippen molar-refractivity contribution < 1.29 is 37.2 Å². The Morgan fingerprint density at radius 2 is 1.66 bits per heavy atom. The number of halogens is 7. The van der Waals surface area contributed by atoms with Crippen molar-refractivity contribution in [2.45, 2.75) is 116 Å². The van der Waals surface area contributed by atoms with Crippen LogP contribution in [0.4, 0.5) is 30.7 Å². The van der Waals surface area contributed by atoms with Gasteiger partial charge in [0.1, 0.15) is 0 Å². The molecule has 0 bridgehead atoms. The molecule has 8 heteroatoms. The molecule has 4 aliphatic rings. The zero-order valence-corrected chi connectivity index (χ0v) is 20.8. The molecule has 9 atom stereocenters. The third kappa shape index (κ3) is 4.35. The van der Waals surface area contributed by atoms with E-state index in [9.17, 15) is 35.8 Å². The van der Waals surface area contributed by atoms with Crippen molar-refractivity contribution in [3.8, 4) is 0 Å². The fraction of sp³-hybridized carbons (Fsp3) is 0.926. The van der Waals surface area contributed by atoms with Crippen LogP contribution < -0.4 is 0 Å². The van der Waals surface area contributed by atoms with Crippen LogP contribution in [0.15, 0.2) is 11.6 Å². The highest BCUT2D eigenvalue weighted by atomic mass is 19.4. The number of aliphatic hydroxyl groups is 1. The molecule has 0 spiro atoms. The molecule has 202 valence electrons. The van der Waals surface area contributed by atoms with E-state index in [1.54, 1.807) is 0 Å². The Labute approximate surface area is 205 Å². The van der Waals surface area contributed by atoms with E-state index in [0.29, 0.717) is 17.8 Å². The molecule has 4 rings (SSSR count).